The Hall–Kier alpha value is -1.75. The second-order valence-corrected chi connectivity index (χ2v) is 4.80. The van der Waals surface area contributed by atoms with E-state index in [1.165, 1.54) is 0 Å². The van der Waals surface area contributed by atoms with Crippen LogP contribution in [0.1, 0.15) is 13.8 Å². The van der Waals surface area contributed by atoms with Crippen molar-refractivity contribution in [2.75, 3.05) is 46.9 Å². The normalized spacial score (nSPS) is 10.5. The minimum Gasteiger partial charge on any atom is -0.497 e. The summed E-state index contributed by atoms with van der Waals surface area (Å²) in [5, 5.41) is 0. The Bertz CT molecular complexity index is 433. The number of nitrogens with zero attached hydrogens (tertiary/aromatic N) is 2. The second-order valence-electron chi connectivity index (χ2n) is 4.80. The first kappa shape index (κ1) is 17.3. The number of hydrogen-bond acceptors (Lipinski definition) is 4. The van der Waals surface area contributed by atoms with Gasteiger partial charge in [0.25, 0.3) is 0 Å². The SMILES string of the molecule is CCN(CC)CC(=O)N(C)CCOc1cccc(OC)c1. The third-order valence-corrected chi connectivity index (χ3v) is 3.42. The molecule has 0 bridgehead atoms. The van der Waals surface area contributed by atoms with Crippen molar-refractivity contribution >= 4 is 5.91 Å². The number of amides is 1. The third kappa shape index (κ3) is 6.04. The third-order valence-electron chi connectivity index (χ3n) is 3.42. The van der Waals surface area contributed by atoms with Crippen molar-refractivity contribution in [1.82, 2.24) is 9.80 Å². The lowest BCUT2D eigenvalue weighted by molar-refractivity contribution is -0.131. The molecule has 0 heterocycles. The highest BCUT2D eigenvalue weighted by Gasteiger charge is 2.12. The van der Waals surface area contributed by atoms with Crippen LogP contribution in [-0.4, -0.2) is 62.7 Å². The molecule has 118 valence electrons. The van der Waals surface area contributed by atoms with E-state index in [0.29, 0.717) is 19.7 Å². The zero-order valence-corrected chi connectivity index (χ0v) is 13.5. The van der Waals surface area contributed by atoms with Gasteiger partial charge in [0.2, 0.25) is 5.91 Å². The molecule has 0 saturated heterocycles. The fourth-order valence-corrected chi connectivity index (χ4v) is 1.88. The summed E-state index contributed by atoms with van der Waals surface area (Å²) in [7, 11) is 3.43. The van der Waals surface area contributed by atoms with Crippen molar-refractivity contribution in [3.63, 3.8) is 0 Å². The van der Waals surface area contributed by atoms with Gasteiger partial charge in [0.1, 0.15) is 18.1 Å². The molecular weight excluding hydrogens is 268 g/mol. The van der Waals surface area contributed by atoms with Crippen molar-refractivity contribution < 1.29 is 14.3 Å². The smallest absolute Gasteiger partial charge is 0.236 e. The van der Waals surface area contributed by atoms with Crippen molar-refractivity contribution in [3.8, 4) is 11.5 Å². The summed E-state index contributed by atoms with van der Waals surface area (Å²) in [6.45, 7) is 7.38. The van der Waals surface area contributed by atoms with E-state index in [2.05, 4.69) is 18.7 Å². The van der Waals surface area contributed by atoms with Crippen LogP contribution in [0.2, 0.25) is 0 Å². The quantitative estimate of drug-likeness (QED) is 0.697. The van der Waals surface area contributed by atoms with Crippen LogP contribution in [0.4, 0.5) is 0 Å². The number of likely N-dealkylation sites (N-methyl/N-ethyl adjacent to an activating group) is 2. The first-order valence-electron chi connectivity index (χ1n) is 7.33. The van der Waals surface area contributed by atoms with E-state index in [0.717, 1.165) is 24.6 Å². The van der Waals surface area contributed by atoms with E-state index in [9.17, 15) is 4.79 Å². The summed E-state index contributed by atoms with van der Waals surface area (Å²) in [5.74, 6) is 1.63. The fraction of sp³-hybridized carbons (Fsp3) is 0.562. The van der Waals surface area contributed by atoms with Gasteiger partial charge in [-0.2, -0.15) is 0 Å². The van der Waals surface area contributed by atoms with Crippen molar-refractivity contribution in [3.05, 3.63) is 24.3 Å². The Morgan fingerprint density at radius 2 is 1.86 bits per heavy atom. The zero-order valence-electron chi connectivity index (χ0n) is 13.5. The Kier molecular flexibility index (Phi) is 7.61. The molecule has 1 amide bonds. The molecule has 21 heavy (non-hydrogen) atoms. The topological polar surface area (TPSA) is 42.0 Å². The maximum Gasteiger partial charge on any atom is 0.236 e. The summed E-state index contributed by atoms with van der Waals surface area (Å²) >= 11 is 0. The van der Waals surface area contributed by atoms with Gasteiger partial charge in [0, 0.05) is 13.1 Å². The van der Waals surface area contributed by atoms with Crippen molar-refractivity contribution in [2.24, 2.45) is 0 Å². The molecule has 1 aromatic rings. The highest BCUT2D eigenvalue weighted by molar-refractivity contribution is 5.77. The summed E-state index contributed by atoms with van der Waals surface area (Å²) in [4.78, 5) is 15.8. The number of ether oxygens (including phenoxy) is 2. The summed E-state index contributed by atoms with van der Waals surface area (Å²) in [6.07, 6.45) is 0. The lowest BCUT2D eigenvalue weighted by Crippen LogP contribution is -2.39. The average Bonchev–Trinajstić information content (AvgIpc) is 2.52. The van der Waals surface area contributed by atoms with Crippen LogP contribution in [0.5, 0.6) is 11.5 Å². The molecule has 5 heteroatoms. The van der Waals surface area contributed by atoms with E-state index >= 15 is 0 Å². The number of methoxy groups -OCH3 is 1. The Morgan fingerprint density at radius 1 is 1.19 bits per heavy atom. The van der Waals surface area contributed by atoms with Crippen molar-refractivity contribution in [1.29, 1.82) is 0 Å². The van der Waals surface area contributed by atoms with E-state index in [1.54, 1.807) is 19.1 Å². The molecule has 0 aliphatic carbocycles. The Balaban J connectivity index is 2.35. The van der Waals surface area contributed by atoms with Crippen LogP contribution in [0.25, 0.3) is 0 Å². The van der Waals surface area contributed by atoms with Crippen molar-refractivity contribution in [2.45, 2.75) is 13.8 Å². The average molecular weight is 294 g/mol. The highest BCUT2D eigenvalue weighted by Crippen LogP contribution is 2.18. The Morgan fingerprint density at radius 3 is 2.48 bits per heavy atom. The molecule has 5 nitrogen and oxygen atoms in total. The molecule has 0 N–H and O–H groups in total. The molecule has 0 radical (unpaired) electrons. The highest BCUT2D eigenvalue weighted by atomic mass is 16.5. The largest absolute Gasteiger partial charge is 0.497 e. The number of hydrogen-bond donors (Lipinski definition) is 0. The van der Waals surface area contributed by atoms with E-state index in [1.807, 2.05) is 24.3 Å². The van der Waals surface area contributed by atoms with Gasteiger partial charge in [0.05, 0.1) is 20.2 Å². The van der Waals surface area contributed by atoms with Gasteiger partial charge < -0.3 is 14.4 Å². The number of benzene rings is 1. The maximum atomic E-state index is 12.0. The fourth-order valence-electron chi connectivity index (χ4n) is 1.88. The summed E-state index contributed by atoms with van der Waals surface area (Å²) < 4.78 is 10.8. The predicted octanol–water partition coefficient (Wildman–Crippen LogP) is 1.87. The van der Waals surface area contributed by atoms with Crippen LogP contribution in [0.3, 0.4) is 0 Å². The molecule has 0 atom stereocenters. The lowest BCUT2D eigenvalue weighted by Gasteiger charge is -2.22. The molecule has 0 unspecified atom stereocenters. The van der Waals surface area contributed by atoms with Gasteiger partial charge in [-0.3, -0.25) is 9.69 Å². The van der Waals surface area contributed by atoms with E-state index in [4.69, 9.17) is 9.47 Å². The summed E-state index contributed by atoms with van der Waals surface area (Å²) in [6, 6.07) is 7.45. The van der Waals surface area contributed by atoms with Gasteiger partial charge in [-0.05, 0) is 25.2 Å². The van der Waals surface area contributed by atoms with E-state index < -0.39 is 0 Å². The van der Waals surface area contributed by atoms with E-state index in [-0.39, 0.29) is 5.91 Å². The molecule has 0 aromatic heterocycles. The van der Waals surface area contributed by atoms with Crippen LogP contribution >= 0.6 is 0 Å². The van der Waals surface area contributed by atoms with Gasteiger partial charge in [0.15, 0.2) is 0 Å². The van der Waals surface area contributed by atoms with Crippen LogP contribution < -0.4 is 9.47 Å². The zero-order chi connectivity index (χ0) is 15.7. The van der Waals surface area contributed by atoms with Gasteiger partial charge in [-0.15, -0.1) is 0 Å². The number of carbonyl (C=O) groups is 1. The lowest BCUT2D eigenvalue weighted by atomic mass is 10.3. The number of carbonyl (C=O) groups excluding carboxylic acids is 1. The monoisotopic (exact) mass is 294 g/mol. The number of rotatable bonds is 9. The van der Waals surface area contributed by atoms with Gasteiger partial charge >= 0.3 is 0 Å². The first-order chi connectivity index (χ1) is 10.1. The van der Waals surface area contributed by atoms with Gasteiger partial charge in [-0.25, -0.2) is 0 Å². The van der Waals surface area contributed by atoms with Crippen LogP contribution in [0, 0.1) is 0 Å². The van der Waals surface area contributed by atoms with Crippen LogP contribution in [-0.2, 0) is 4.79 Å². The molecule has 1 rings (SSSR count). The van der Waals surface area contributed by atoms with Gasteiger partial charge in [-0.1, -0.05) is 19.9 Å². The minimum absolute atomic E-state index is 0.118. The van der Waals surface area contributed by atoms with Crippen LogP contribution in [0.15, 0.2) is 24.3 Å². The molecule has 0 spiro atoms. The Labute approximate surface area is 127 Å². The standard InChI is InChI=1S/C16H26N2O3/c1-5-18(6-2)13-16(19)17(3)10-11-21-15-9-7-8-14(12-15)20-4/h7-9,12H,5-6,10-11,13H2,1-4H3. The molecule has 0 saturated carbocycles. The maximum absolute atomic E-state index is 12.0. The molecule has 0 aliphatic rings. The predicted molar refractivity (Wildman–Crippen MR) is 83.9 cm³/mol. The molecule has 1 aromatic carbocycles. The molecule has 0 fully saturated rings. The first-order valence-corrected chi connectivity index (χ1v) is 7.33. The molecule has 0 aliphatic heterocycles. The minimum atomic E-state index is 0.118. The second kappa shape index (κ2) is 9.23. The summed E-state index contributed by atoms with van der Waals surface area (Å²) in [5.41, 5.74) is 0. The molecular formula is C16H26N2O3.